The Morgan fingerprint density at radius 2 is 1.81 bits per heavy atom. The van der Waals surface area contributed by atoms with Crippen LogP contribution in [0.5, 0.6) is 0 Å². The first-order valence-corrected chi connectivity index (χ1v) is 11.2. The van der Waals surface area contributed by atoms with Gasteiger partial charge in [-0.2, -0.15) is 13.2 Å². The number of benzene rings is 2. The highest BCUT2D eigenvalue weighted by Crippen LogP contribution is 2.35. The number of aromatic nitrogens is 2. The molecule has 4 aromatic rings. The van der Waals surface area contributed by atoms with E-state index in [0.29, 0.717) is 22.7 Å². The van der Waals surface area contributed by atoms with Gasteiger partial charge in [-0.25, -0.2) is 14.8 Å². The zero-order valence-corrected chi connectivity index (χ0v) is 19.5. The first-order valence-electron chi connectivity index (χ1n) is 11.2. The first kappa shape index (κ1) is 24.0. The molecule has 5 rings (SSSR count). The SMILES string of the molecule is CN1CC(=O)CN(C(=O)Nc2cccc(-c3cnco3)c2)c2nc(-c3cccc(C(F)(F)F)c3)ccc21. The Morgan fingerprint density at radius 1 is 1.03 bits per heavy atom. The van der Waals surface area contributed by atoms with Crippen LogP contribution in [0.25, 0.3) is 22.6 Å². The van der Waals surface area contributed by atoms with E-state index in [9.17, 15) is 22.8 Å². The number of fused-ring (bicyclic) bond motifs is 1. The number of likely N-dealkylation sites (N-methyl/N-ethyl adjacent to an activating group) is 1. The van der Waals surface area contributed by atoms with E-state index in [1.807, 2.05) is 0 Å². The van der Waals surface area contributed by atoms with Crippen LogP contribution in [-0.2, 0) is 11.0 Å². The molecule has 1 aliphatic rings. The predicted molar refractivity (Wildman–Crippen MR) is 131 cm³/mol. The molecular formula is C26H20F3N5O3. The van der Waals surface area contributed by atoms with Gasteiger partial charge in [0.1, 0.15) is 0 Å². The standard InChI is InChI=1S/C26H20F3N5O3/c1-33-13-20(35)14-34(25(36)31-19-7-3-5-17(11-19)23-12-30-15-37-23)24-22(33)9-8-21(32-24)16-4-2-6-18(10-16)26(27,28)29/h2-12,15H,13-14H2,1H3,(H,31,36). The fraction of sp³-hybridized carbons (Fsp3) is 0.154. The smallest absolute Gasteiger partial charge is 0.416 e. The van der Waals surface area contributed by atoms with Gasteiger partial charge in [0.25, 0.3) is 0 Å². The fourth-order valence-corrected chi connectivity index (χ4v) is 4.07. The summed E-state index contributed by atoms with van der Waals surface area (Å²) in [5, 5.41) is 2.77. The van der Waals surface area contributed by atoms with Crippen LogP contribution in [0, 0.1) is 0 Å². The maximum Gasteiger partial charge on any atom is 0.416 e. The van der Waals surface area contributed by atoms with E-state index in [4.69, 9.17) is 4.42 Å². The topological polar surface area (TPSA) is 91.6 Å². The number of rotatable bonds is 3. The molecule has 0 atom stereocenters. The van der Waals surface area contributed by atoms with Gasteiger partial charge < -0.3 is 14.6 Å². The molecule has 0 saturated heterocycles. The first-order chi connectivity index (χ1) is 17.7. The maximum atomic E-state index is 13.4. The predicted octanol–water partition coefficient (Wildman–Crippen LogP) is 5.48. The van der Waals surface area contributed by atoms with E-state index in [0.717, 1.165) is 12.1 Å². The van der Waals surface area contributed by atoms with Gasteiger partial charge in [-0.1, -0.05) is 24.3 Å². The Labute approximate surface area is 209 Å². The lowest BCUT2D eigenvalue weighted by Gasteiger charge is -2.23. The van der Waals surface area contributed by atoms with Gasteiger partial charge >= 0.3 is 12.2 Å². The van der Waals surface area contributed by atoms with Crippen molar-refractivity contribution in [2.75, 3.05) is 35.3 Å². The molecule has 0 bridgehead atoms. The van der Waals surface area contributed by atoms with E-state index in [-0.39, 0.29) is 35.9 Å². The van der Waals surface area contributed by atoms with Crippen molar-refractivity contribution in [1.29, 1.82) is 0 Å². The molecule has 0 spiro atoms. The summed E-state index contributed by atoms with van der Waals surface area (Å²) in [6.45, 7) is -0.216. The van der Waals surface area contributed by atoms with Crippen LogP contribution in [0.2, 0.25) is 0 Å². The molecule has 2 aromatic carbocycles. The number of nitrogens with zero attached hydrogens (tertiary/aromatic N) is 4. The van der Waals surface area contributed by atoms with Gasteiger partial charge in [-0.05, 0) is 36.4 Å². The summed E-state index contributed by atoms with van der Waals surface area (Å²) in [6.07, 6.45) is -1.68. The van der Waals surface area contributed by atoms with Gasteiger partial charge in [0, 0.05) is 23.9 Å². The second kappa shape index (κ2) is 9.41. The highest BCUT2D eigenvalue weighted by atomic mass is 19.4. The number of anilines is 3. The van der Waals surface area contributed by atoms with Crippen molar-refractivity contribution in [3.63, 3.8) is 0 Å². The zero-order chi connectivity index (χ0) is 26.2. The van der Waals surface area contributed by atoms with E-state index >= 15 is 0 Å². The van der Waals surface area contributed by atoms with Crippen LogP contribution in [0.4, 0.5) is 35.2 Å². The lowest BCUT2D eigenvalue weighted by molar-refractivity contribution is -0.137. The third-order valence-electron chi connectivity index (χ3n) is 5.83. The van der Waals surface area contributed by atoms with E-state index in [2.05, 4.69) is 15.3 Å². The van der Waals surface area contributed by atoms with Crippen molar-refractivity contribution in [3.05, 3.63) is 78.8 Å². The van der Waals surface area contributed by atoms with Crippen molar-refractivity contribution >= 4 is 29.0 Å². The van der Waals surface area contributed by atoms with Crippen LogP contribution < -0.4 is 15.1 Å². The van der Waals surface area contributed by atoms with E-state index < -0.39 is 17.8 Å². The summed E-state index contributed by atoms with van der Waals surface area (Å²) in [5.74, 6) is 0.444. The number of alkyl halides is 3. The fourth-order valence-electron chi connectivity index (χ4n) is 4.07. The van der Waals surface area contributed by atoms with E-state index in [1.54, 1.807) is 54.5 Å². The van der Waals surface area contributed by atoms with Crippen molar-refractivity contribution in [1.82, 2.24) is 9.97 Å². The molecule has 8 nitrogen and oxygen atoms in total. The minimum Gasteiger partial charge on any atom is -0.444 e. The minimum absolute atomic E-state index is 0.0440. The summed E-state index contributed by atoms with van der Waals surface area (Å²) in [4.78, 5) is 37.3. The molecule has 2 aromatic heterocycles. The second-order valence-electron chi connectivity index (χ2n) is 8.48. The largest absolute Gasteiger partial charge is 0.444 e. The molecule has 188 valence electrons. The number of oxazole rings is 1. The van der Waals surface area contributed by atoms with Gasteiger partial charge in [-0.15, -0.1) is 0 Å². The molecule has 3 heterocycles. The van der Waals surface area contributed by atoms with Gasteiger partial charge in [0.05, 0.1) is 36.2 Å². The third kappa shape index (κ3) is 5.01. The van der Waals surface area contributed by atoms with Crippen molar-refractivity contribution < 1.29 is 27.2 Å². The summed E-state index contributed by atoms with van der Waals surface area (Å²) in [6, 6.07) is 14.3. The molecule has 0 radical (unpaired) electrons. The Bertz CT molecular complexity index is 1470. The highest BCUT2D eigenvalue weighted by Gasteiger charge is 2.32. The molecule has 1 N–H and O–H groups in total. The van der Waals surface area contributed by atoms with Gasteiger partial charge in [-0.3, -0.25) is 9.69 Å². The van der Waals surface area contributed by atoms with Crippen molar-refractivity contribution in [2.45, 2.75) is 6.18 Å². The molecular weight excluding hydrogens is 487 g/mol. The maximum absolute atomic E-state index is 13.4. The molecule has 0 aliphatic carbocycles. The lowest BCUT2D eigenvalue weighted by Crippen LogP contribution is -2.39. The van der Waals surface area contributed by atoms with Crippen LogP contribution in [-0.4, -0.2) is 41.9 Å². The van der Waals surface area contributed by atoms with Gasteiger partial charge in [0.2, 0.25) is 0 Å². The molecule has 11 heteroatoms. The van der Waals surface area contributed by atoms with Crippen molar-refractivity contribution in [2.24, 2.45) is 0 Å². The number of nitrogens with one attached hydrogen (secondary N) is 1. The number of carbonyl (C=O) groups excluding carboxylic acids is 2. The normalized spacial score (nSPS) is 13.8. The van der Waals surface area contributed by atoms with E-state index in [1.165, 1.54) is 23.4 Å². The lowest BCUT2D eigenvalue weighted by atomic mass is 10.1. The zero-order valence-electron chi connectivity index (χ0n) is 19.5. The number of urea groups is 1. The number of hydrogen-bond acceptors (Lipinski definition) is 6. The minimum atomic E-state index is -4.51. The molecule has 2 amide bonds. The number of hydrogen-bond donors (Lipinski definition) is 1. The number of ketones is 1. The Hall–Kier alpha value is -4.67. The number of pyridine rings is 1. The Morgan fingerprint density at radius 3 is 2.57 bits per heavy atom. The third-order valence-corrected chi connectivity index (χ3v) is 5.83. The molecule has 0 unspecified atom stereocenters. The summed E-state index contributed by atoms with van der Waals surface area (Å²) in [5.41, 5.74) is 1.28. The highest BCUT2D eigenvalue weighted by molar-refractivity contribution is 6.08. The number of halogens is 3. The average molecular weight is 507 g/mol. The van der Waals surface area contributed by atoms with Crippen molar-refractivity contribution in [3.8, 4) is 22.6 Å². The Kier molecular flexibility index (Phi) is 6.12. The Balaban J connectivity index is 1.51. The quantitative estimate of drug-likeness (QED) is 0.395. The van der Waals surface area contributed by atoms with Crippen LogP contribution in [0.15, 0.2) is 77.7 Å². The monoisotopic (exact) mass is 507 g/mol. The summed E-state index contributed by atoms with van der Waals surface area (Å²) < 4.78 is 45.1. The summed E-state index contributed by atoms with van der Waals surface area (Å²) in [7, 11) is 1.69. The average Bonchev–Trinajstić information content (AvgIpc) is 3.38. The number of amides is 2. The van der Waals surface area contributed by atoms with Crippen LogP contribution in [0.1, 0.15) is 5.56 Å². The molecule has 0 fully saturated rings. The van der Waals surface area contributed by atoms with Gasteiger partial charge in [0.15, 0.2) is 23.8 Å². The number of Topliss-reactive ketones (excluding diaryl/α,β-unsaturated/α-hetero) is 1. The number of carbonyl (C=O) groups is 2. The molecule has 37 heavy (non-hydrogen) atoms. The van der Waals surface area contributed by atoms with Crippen LogP contribution in [0.3, 0.4) is 0 Å². The second-order valence-corrected chi connectivity index (χ2v) is 8.48. The summed E-state index contributed by atoms with van der Waals surface area (Å²) >= 11 is 0. The van der Waals surface area contributed by atoms with Crippen LogP contribution >= 0.6 is 0 Å². The molecule has 0 saturated carbocycles. The molecule has 1 aliphatic heterocycles.